The maximum absolute atomic E-state index is 6.03. The predicted octanol–water partition coefficient (Wildman–Crippen LogP) is 1.67. The highest BCUT2D eigenvalue weighted by Crippen LogP contribution is 2.47. The van der Waals surface area contributed by atoms with Crippen molar-refractivity contribution in [3.63, 3.8) is 0 Å². The highest BCUT2D eigenvalue weighted by Gasteiger charge is 2.50. The van der Waals surface area contributed by atoms with E-state index in [2.05, 4.69) is 28.3 Å². The lowest BCUT2D eigenvalue weighted by Gasteiger charge is -2.40. The molecular formula is C14H15N3O2. The van der Waals surface area contributed by atoms with Crippen LogP contribution >= 0.6 is 0 Å². The smallest absolute Gasteiger partial charge is 0.218 e. The van der Waals surface area contributed by atoms with E-state index in [1.807, 2.05) is 10.7 Å². The van der Waals surface area contributed by atoms with Gasteiger partial charge in [-0.2, -0.15) is 5.10 Å². The van der Waals surface area contributed by atoms with Gasteiger partial charge in [-0.3, -0.25) is 0 Å². The summed E-state index contributed by atoms with van der Waals surface area (Å²) in [5, 5.41) is 4.28. The first-order chi connectivity index (χ1) is 9.40. The largest absolute Gasteiger partial charge is 0.342 e. The fourth-order valence-electron chi connectivity index (χ4n) is 3.20. The van der Waals surface area contributed by atoms with Gasteiger partial charge in [-0.25, -0.2) is 9.67 Å². The third-order valence-corrected chi connectivity index (χ3v) is 3.99. The van der Waals surface area contributed by atoms with Crippen LogP contribution < -0.4 is 0 Å². The SMILES string of the molecule is c1ccc2c(c1)CCC(n1cncn1)C21OCCO1. The van der Waals surface area contributed by atoms with Crippen LogP contribution in [-0.4, -0.2) is 28.0 Å². The minimum absolute atomic E-state index is 0.0485. The highest BCUT2D eigenvalue weighted by atomic mass is 16.7. The third-order valence-electron chi connectivity index (χ3n) is 3.99. The maximum Gasteiger partial charge on any atom is 0.218 e. The molecule has 1 aliphatic carbocycles. The van der Waals surface area contributed by atoms with Crippen LogP contribution in [0.4, 0.5) is 0 Å². The summed E-state index contributed by atoms with van der Waals surface area (Å²) in [4.78, 5) is 4.05. The number of aryl methyl sites for hydroxylation is 1. The molecule has 1 saturated heterocycles. The van der Waals surface area contributed by atoms with Crippen molar-refractivity contribution >= 4 is 0 Å². The second kappa shape index (κ2) is 4.15. The van der Waals surface area contributed by atoms with Crippen molar-refractivity contribution in [3.8, 4) is 0 Å². The van der Waals surface area contributed by atoms with Crippen LogP contribution in [0.15, 0.2) is 36.9 Å². The van der Waals surface area contributed by atoms with E-state index in [0.717, 1.165) is 18.4 Å². The van der Waals surface area contributed by atoms with E-state index in [9.17, 15) is 0 Å². The van der Waals surface area contributed by atoms with E-state index in [1.54, 1.807) is 12.7 Å². The van der Waals surface area contributed by atoms with Crippen LogP contribution in [-0.2, 0) is 21.7 Å². The van der Waals surface area contributed by atoms with Crippen molar-refractivity contribution in [2.45, 2.75) is 24.7 Å². The lowest BCUT2D eigenvalue weighted by Crippen LogP contribution is -2.42. The van der Waals surface area contributed by atoms with Gasteiger partial charge in [0.2, 0.25) is 5.79 Å². The number of benzene rings is 1. The van der Waals surface area contributed by atoms with Gasteiger partial charge in [0.15, 0.2) is 0 Å². The van der Waals surface area contributed by atoms with Gasteiger partial charge in [-0.15, -0.1) is 0 Å². The topological polar surface area (TPSA) is 49.2 Å². The molecule has 5 nitrogen and oxygen atoms in total. The fraction of sp³-hybridized carbons (Fsp3) is 0.429. The zero-order chi connectivity index (χ0) is 12.7. The van der Waals surface area contributed by atoms with E-state index < -0.39 is 5.79 Å². The molecule has 0 bridgehead atoms. The fourth-order valence-corrected chi connectivity index (χ4v) is 3.20. The van der Waals surface area contributed by atoms with Gasteiger partial charge >= 0.3 is 0 Å². The predicted molar refractivity (Wildman–Crippen MR) is 67.4 cm³/mol. The van der Waals surface area contributed by atoms with Gasteiger partial charge in [0.05, 0.1) is 13.2 Å². The summed E-state index contributed by atoms with van der Waals surface area (Å²) >= 11 is 0. The highest BCUT2D eigenvalue weighted by molar-refractivity contribution is 5.35. The van der Waals surface area contributed by atoms with Gasteiger partial charge < -0.3 is 9.47 Å². The first-order valence-electron chi connectivity index (χ1n) is 6.60. The Morgan fingerprint density at radius 1 is 1.21 bits per heavy atom. The normalized spacial score (nSPS) is 24.5. The standard InChI is InChI=1S/C14H15N3O2/c1-2-4-12-11(3-1)5-6-13(17-10-15-9-16-17)14(12)18-7-8-19-14/h1-4,9-10,13H,5-8H2. The van der Waals surface area contributed by atoms with Crippen LogP contribution in [0.3, 0.4) is 0 Å². The Kier molecular flexibility index (Phi) is 2.43. The van der Waals surface area contributed by atoms with Gasteiger partial charge in [0, 0.05) is 5.56 Å². The Balaban J connectivity index is 1.87. The maximum atomic E-state index is 6.03. The molecule has 2 aromatic rings. The van der Waals surface area contributed by atoms with Crippen molar-refractivity contribution < 1.29 is 9.47 Å². The molecular weight excluding hydrogens is 242 g/mol. The average Bonchev–Trinajstić information content (AvgIpc) is 3.12. The number of hydrogen-bond donors (Lipinski definition) is 0. The molecule has 1 aromatic heterocycles. The Bertz CT molecular complexity index is 576. The second-order valence-corrected chi connectivity index (χ2v) is 4.95. The monoisotopic (exact) mass is 257 g/mol. The summed E-state index contributed by atoms with van der Waals surface area (Å²) < 4.78 is 13.9. The Morgan fingerprint density at radius 3 is 2.84 bits per heavy atom. The molecule has 0 saturated carbocycles. The lowest BCUT2D eigenvalue weighted by atomic mass is 9.83. The van der Waals surface area contributed by atoms with Crippen LogP contribution in [0.2, 0.25) is 0 Å². The Hall–Kier alpha value is -1.72. The third kappa shape index (κ3) is 1.55. The lowest BCUT2D eigenvalue weighted by molar-refractivity contribution is -0.207. The molecule has 0 amide bonds. The van der Waals surface area contributed by atoms with E-state index >= 15 is 0 Å². The van der Waals surface area contributed by atoms with Gasteiger partial charge in [-0.1, -0.05) is 24.3 Å². The average molecular weight is 257 g/mol. The minimum Gasteiger partial charge on any atom is -0.342 e. The van der Waals surface area contributed by atoms with E-state index in [-0.39, 0.29) is 6.04 Å². The number of ether oxygens (including phenoxy) is 2. The molecule has 98 valence electrons. The molecule has 1 aromatic carbocycles. The van der Waals surface area contributed by atoms with Crippen LogP contribution in [0.5, 0.6) is 0 Å². The molecule has 2 heterocycles. The quantitative estimate of drug-likeness (QED) is 0.779. The van der Waals surface area contributed by atoms with Gasteiger partial charge in [0.25, 0.3) is 0 Å². The molecule has 1 unspecified atom stereocenters. The molecule has 1 aliphatic heterocycles. The first kappa shape index (κ1) is 11.1. The van der Waals surface area contributed by atoms with Crippen molar-refractivity contribution in [2.24, 2.45) is 0 Å². The Labute approximate surface area is 111 Å². The molecule has 0 N–H and O–H groups in total. The van der Waals surface area contributed by atoms with Crippen LogP contribution in [0, 0.1) is 0 Å². The second-order valence-electron chi connectivity index (χ2n) is 4.95. The summed E-state index contributed by atoms with van der Waals surface area (Å²) in [6.45, 7) is 1.25. The zero-order valence-electron chi connectivity index (χ0n) is 10.5. The van der Waals surface area contributed by atoms with E-state index in [0.29, 0.717) is 13.2 Å². The van der Waals surface area contributed by atoms with Gasteiger partial charge in [-0.05, 0) is 18.4 Å². The number of fused-ring (bicyclic) bond motifs is 2. The molecule has 1 fully saturated rings. The Morgan fingerprint density at radius 2 is 2.05 bits per heavy atom. The summed E-state index contributed by atoms with van der Waals surface area (Å²) in [5.74, 6) is -0.692. The summed E-state index contributed by atoms with van der Waals surface area (Å²) in [6, 6.07) is 8.41. The molecule has 19 heavy (non-hydrogen) atoms. The van der Waals surface area contributed by atoms with E-state index in [4.69, 9.17) is 9.47 Å². The number of nitrogens with zero attached hydrogens (tertiary/aromatic N) is 3. The summed E-state index contributed by atoms with van der Waals surface area (Å²) in [5.41, 5.74) is 2.44. The number of aromatic nitrogens is 3. The van der Waals surface area contributed by atoms with E-state index in [1.165, 1.54) is 5.56 Å². The molecule has 2 aliphatic rings. The molecule has 4 rings (SSSR count). The molecule has 1 spiro atoms. The molecule has 5 heteroatoms. The summed E-state index contributed by atoms with van der Waals surface area (Å²) in [6.07, 6.45) is 5.25. The summed E-state index contributed by atoms with van der Waals surface area (Å²) in [7, 11) is 0. The molecule has 0 radical (unpaired) electrons. The van der Waals surface area contributed by atoms with Gasteiger partial charge in [0.1, 0.15) is 18.7 Å². The zero-order valence-corrected chi connectivity index (χ0v) is 10.5. The van der Waals surface area contributed by atoms with Crippen LogP contribution in [0.25, 0.3) is 0 Å². The van der Waals surface area contributed by atoms with Crippen molar-refractivity contribution in [3.05, 3.63) is 48.0 Å². The van der Waals surface area contributed by atoms with Crippen molar-refractivity contribution in [1.29, 1.82) is 0 Å². The number of rotatable bonds is 1. The minimum atomic E-state index is -0.692. The van der Waals surface area contributed by atoms with Crippen LogP contribution in [0.1, 0.15) is 23.6 Å². The molecule has 1 atom stereocenters. The first-order valence-corrected chi connectivity index (χ1v) is 6.60. The number of hydrogen-bond acceptors (Lipinski definition) is 4. The van der Waals surface area contributed by atoms with Crippen molar-refractivity contribution in [1.82, 2.24) is 14.8 Å². The van der Waals surface area contributed by atoms with Crippen molar-refractivity contribution in [2.75, 3.05) is 13.2 Å².